The van der Waals surface area contributed by atoms with Crippen LogP contribution in [0.3, 0.4) is 0 Å². The third-order valence-corrected chi connectivity index (χ3v) is 5.39. The van der Waals surface area contributed by atoms with Gasteiger partial charge in [0.15, 0.2) is 0 Å². The fourth-order valence-corrected chi connectivity index (χ4v) is 3.90. The van der Waals surface area contributed by atoms with E-state index in [0.29, 0.717) is 24.7 Å². The number of benzene rings is 1. The highest BCUT2D eigenvalue weighted by Crippen LogP contribution is 2.55. The molecule has 0 heterocycles. The predicted molar refractivity (Wildman–Crippen MR) is 76.6 cm³/mol. The van der Waals surface area contributed by atoms with Crippen molar-refractivity contribution >= 4 is 11.9 Å². The minimum absolute atomic E-state index is 0.133. The van der Waals surface area contributed by atoms with Crippen LogP contribution in [0.2, 0.25) is 0 Å². The average molecular weight is 285 g/mol. The zero-order valence-electron chi connectivity index (χ0n) is 12.1. The third-order valence-electron chi connectivity index (χ3n) is 5.39. The fraction of sp³-hybridized carbons (Fsp3) is 0.529. The smallest absolute Gasteiger partial charge is 0.321 e. The Bertz CT molecular complexity index is 620. The van der Waals surface area contributed by atoms with Crippen molar-refractivity contribution in [2.75, 3.05) is 7.11 Å². The van der Waals surface area contributed by atoms with Gasteiger partial charge >= 0.3 is 5.97 Å². The van der Waals surface area contributed by atoms with E-state index in [9.17, 15) is 9.59 Å². The van der Waals surface area contributed by atoms with Crippen LogP contribution in [0.25, 0.3) is 0 Å². The molecule has 0 saturated heterocycles. The van der Waals surface area contributed by atoms with Crippen LogP contribution in [-0.2, 0) is 20.7 Å². The molecule has 1 amide bonds. The van der Waals surface area contributed by atoms with E-state index in [1.165, 1.54) is 18.2 Å². The first-order valence-corrected chi connectivity index (χ1v) is 7.64. The number of hydrogen-bond donors (Lipinski definition) is 1. The molecule has 1 aromatic rings. The normalized spacial score (nSPS) is 30.6. The van der Waals surface area contributed by atoms with Crippen molar-refractivity contribution in [3.8, 4) is 0 Å². The van der Waals surface area contributed by atoms with Crippen LogP contribution >= 0.6 is 0 Å². The Morgan fingerprint density at radius 1 is 1.29 bits per heavy atom. The van der Waals surface area contributed by atoms with E-state index < -0.39 is 5.41 Å². The Morgan fingerprint density at radius 2 is 2.05 bits per heavy atom. The molecule has 4 nitrogen and oxygen atoms in total. The van der Waals surface area contributed by atoms with Crippen LogP contribution in [0.4, 0.5) is 0 Å². The maximum Gasteiger partial charge on any atom is 0.321 e. The van der Waals surface area contributed by atoms with E-state index in [2.05, 4.69) is 29.6 Å². The number of fused-ring (bicyclic) bond motifs is 3. The minimum atomic E-state index is -0.889. The second-order valence-corrected chi connectivity index (χ2v) is 6.50. The van der Waals surface area contributed by atoms with Crippen molar-refractivity contribution in [2.45, 2.75) is 37.6 Å². The van der Waals surface area contributed by atoms with Gasteiger partial charge in [0.2, 0.25) is 5.91 Å². The molecular formula is C17H19NO3. The van der Waals surface area contributed by atoms with Crippen molar-refractivity contribution in [2.24, 2.45) is 11.3 Å². The number of methoxy groups -OCH3 is 1. The van der Waals surface area contributed by atoms with Crippen molar-refractivity contribution in [1.29, 1.82) is 0 Å². The minimum Gasteiger partial charge on any atom is -0.468 e. The van der Waals surface area contributed by atoms with Crippen LogP contribution in [0, 0.1) is 11.3 Å². The zero-order chi connectivity index (χ0) is 14.6. The summed E-state index contributed by atoms with van der Waals surface area (Å²) in [6, 6.07) is 8.69. The number of rotatable bonds is 3. The summed E-state index contributed by atoms with van der Waals surface area (Å²) in [6.45, 7) is 0. The number of amides is 1. The summed E-state index contributed by atoms with van der Waals surface area (Å²) in [7, 11) is 1.35. The first-order chi connectivity index (χ1) is 10.2. The monoisotopic (exact) mass is 285 g/mol. The summed E-state index contributed by atoms with van der Waals surface area (Å²) in [4.78, 5) is 24.2. The molecule has 0 radical (unpaired) electrons. The van der Waals surface area contributed by atoms with Gasteiger partial charge in [0.25, 0.3) is 0 Å². The van der Waals surface area contributed by atoms with Gasteiger partial charge in [-0.2, -0.15) is 0 Å². The molecule has 1 aromatic carbocycles. The van der Waals surface area contributed by atoms with Gasteiger partial charge in [0.05, 0.1) is 7.11 Å². The molecule has 110 valence electrons. The van der Waals surface area contributed by atoms with Crippen molar-refractivity contribution in [3.63, 3.8) is 0 Å². The molecule has 0 spiro atoms. The Balaban J connectivity index is 1.49. The SMILES string of the molecule is COC(=O)C1(C(=O)NC2C3CCc4ccccc4C32)CC1. The van der Waals surface area contributed by atoms with Gasteiger partial charge in [-0.05, 0) is 42.7 Å². The zero-order valence-corrected chi connectivity index (χ0v) is 12.1. The molecule has 21 heavy (non-hydrogen) atoms. The fourth-order valence-electron chi connectivity index (χ4n) is 3.90. The Kier molecular flexibility index (Phi) is 2.65. The first-order valence-electron chi connectivity index (χ1n) is 7.64. The Labute approximate surface area is 123 Å². The molecule has 2 saturated carbocycles. The van der Waals surface area contributed by atoms with Crippen molar-refractivity contribution < 1.29 is 14.3 Å². The van der Waals surface area contributed by atoms with Gasteiger partial charge in [-0.15, -0.1) is 0 Å². The molecular weight excluding hydrogens is 266 g/mol. The summed E-state index contributed by atoms with van der Waals surface area (Å²) in [6.07, 6.45) is 3.44. The highest BCUT2D eigenvalue weighted by Gasteiger charge is 2.61. The number of hydrogen-bond acceptors (Lipinski definition) is 3. The molecule has 4 heteroatoms. The van der Waals surface area contributed by atoms with Gasteiger partial charge in [-0.3, -0.25) is 9.59 Å². The summed E-state index contributed by atoms with van der Waals surface area (Å²) >= 11 is 0. The van der Waals surface area contributed by atoms with Crippen LogP contribution in [0.5, 0.6) is 0 Å². The number of carbonyl (C=O) groups excluding carboxylic acids is 2. The molecule has 1 N–H and O–H groups in total. The molecule has 3 aliphatic rings. The molecule has 0 aliphatic heterocycles. The maximum atomic E-state index is 12.4. The molecule has 0 bridgehead atoms. The lowest BCUT2D eigenvalue weighted by Gasteiger charge is -2.13. The van der Waals surface area contributed by atoms with Crippen LogP contribution in [-0.4, -0.2) is 25.0 Å². The molecule has 4 rings (SSSR count). The number of esters is 1. The lowest BCUT2D eigenvalue weighted by Crippen LogP contribution is -2.39. The largest absolute Gasteiger partial charge is 0.468 e. The van der Waals surface area contributed by atoms with Crippen LogP contribution in [0.1, 0.15) is 36.3 Å². The Morgan fingerprint density at radius 3 is 2.76 bits per heavy atom. The maximum absolute atomic E-state index is 12.4. The van der Waals surface area contributed by atoms with Gasteiger partial charge < -0.3 is 10.1 Å². The number of nitrogens with one attached hydrogen (secondary N) is 1. The van der Waals surface area contributed by atoms with Crippen molar-refractivity contribution in [1.82, 2.24) is 5.32 Å². The Hall–Kier alpha value is -1.84. The highest BCUT2D eigenvalue weighted by atomic mass is 16.5. The molecule has 3 unspecified atom stereocenters. The van der Waals surface area contributed by atoms with E-state index in [1.807, 2.05) is 0 Å². The molecule has 2 fully saturated rings. The van der Waals surface area contributed by atoms with Gasteiger partial charge in [-0.1, -0.05) is 24.3 Å². The van der Waals surface area contributed by atoms with Gasteiger partial charge in [0.1, 0.15) is 5.41 Å². The number of aryl methyl sites for hydroxylation is 1. The van der Waals surface area contributed by atoms with E-state index in [-0.39, 0.29) is 17.9 Å². The molecule has 3 atom stereocenters. The number of carbonyl (C=O) groups is 2. The summed E-state index contributed by atoms with van der Waals surface area (Å²) in [5, 5.41) is 3.12. The standard InChI is InChI=1S/C17H19NO3/c1-21-16(20)17(8-9-17)15(19)18-14-12-7-6-10-4-2-3-5-11(10)13(12)14/h2-5,12-14H,6-9H2,1H3,(H,18,19). The predicted octanol–water partition coefficient (Wildman–Crippen LogP) is 1.78. The lowest BCUT2D eigenvalue weighted by atomic mass is 9.92. The molecule has 0 aromatic heterocycles. The average Bonchev–Trinajstić information content (AvgIpc) is 3.41. The first kappa shape index (κ1) is 12.9. The summed E-state index contributed by atoms with van der Waals surface area (Å²) in [5.41, 5.74) is 1.89. The van der Waals surface area contributed by atoms with Crippen LogP contribution < -0.4 is 5.32 Å². The van der Waals surface area contributed by atoms with Gasteiger partial charge in [-0.25, -0.2) is 0 Å². The van der Waals surface area contributed by atoms with E-state index >= 15 is 0 Å². The second kappa shape index (κ2) is 4.33. The van der Waals surface area contributed by atoms with E-state index in [0.717, 1.165) is 12.8 Å². The lowest BCUT2D eigenvalue weighted by molar-refractivity contribution is -0.152. The summed E-state index contributed by atoms with van der Waals surface area (Å²) < 4.78 is 4.78. The summed E-state index contributed by atoms with van der Waals surface area (Å²) in [5.74, 6) is 0.458. The van der Waals surface area contributed by atoms with Crippen molar-refractivity contribution in [3.05, 3.63) is 35.4 Å². The highest BCUT2D eigenvalue weighted by molar-refractivity contribution is 6.05. The van der Waals surface area contributed by atoms with Crippen LogP contribution in [0.15, 0.2) is 24.3 Å². The third kappa shape index (κ3) is 1.81. The quantitative estimate of drug-likeness (QED) is 0.680. The number of ether oxygens (including phenoxy) is 1. The topological polar surface area (TPSA) is 55.4 Å². The second-order valence-electron chi connectivity index (χ2n) is 6.50. The van der Waals surface area contributed by atoms with Gasteiger partial charge in [0, 0.05) is 12.0 Å². The van der Waals surface area contributed by atoms with E-state index in [1.54, 1.807) is 0 Å². The van der Waals surface area contributed by atoms with E-state index in [4.69, 9.17) is 4.74 Å². The molecule has 3 aliphatic carbocycles.